The molecule has 5 heteroatoms. The van der Waals surface area contributed by atoms with Crippen LogP contribution >= 0.6 is 0 Å². The standard InChI is InChI=1S/C15H11NO4/c1-19-11-7-3-2-5-9(11)14-16-13-10(15(17)18)6-4-8-12(13)20-14/h2-8H,1H3,(H,17,18). The number of nitrogens with zero attached hydrogens (tertiary/aromatic N) is 1. The average molecular weight is 269 g/mol. The Labute approximate surface area is 114 Å². The third-order valence-corrected chi connectivity index (χ3v) is 2.99. The fourth-order valence-electron chi connectivity index (χ4n) is 2.06. The molecule has 0 aliphatic rings. The Morgan fingerprint density at radius 3 is 2.75 bits per heavy atom. The van der Waals surface area contributed by atoms with Crippen molar-refractivity contribution in [1.82, 2.24) is 4.98 Å². The first kappa shape index (κ1) is 12.2. The summed E-state index contributed by atoms with van der Waals surface area (Å²) >= 11 is 0. The number of hydrogen-bond acceptors (Lipinski definition) is 4. The van der Waals surface area contributed by atoms with E-state index in [4.69, 9.17) is 14.3 Å². The topological polar surface area (TPSA) is 72.6 Å². The van der Waals surface area contributed by atoms with Crippen LogP contribution in [-0.4, -0.2) is 23.2 Å². The highest BCUT2D eigenvalue weighted by atomic mass is 16.5. The van der Waals surface area contributed by atoms with Crippen molar-refractivity contribution in [3.05, 3.63) is 48.0 Å². The molecule has 1 heterocycles. The molecule has 0 radical (unpaired) electrons. The van der Waals surface area contributed by atoms with E-state index in [0.717, 1.165) is 0 Å². The lowest BCUT2D eigenvalue weighted by molar-refractivity contribution is 0.0699. The van der Waals surface area contributed by atoms with Crippen LogP contribution in [-0.2, 0) is 0 Å². The summed E-state index contributed by atoms with van der Waals surface area (Å²) in [5.74, 6) is -0.0717. The van der Waals surface area contributed by atoms with Gasteiger partial charge in [-0.05, 0) is 24.3 Å². The number of aromatic nitrogens is 1. The van der Waals surface area contributed by atoms with E-state index in [9.17, 15) is 4.79 Å². The van der Waals surface area contributed by atoms with Crippen molar-refractivity contribution in [2.24, 2.45) is 0 Å². The van der Waals surface area contributed by atoms with Crippen molar-refractivity contribution in [1.29, 1.82) is 0 Å². The van der Waals surface area contributed by atoms with E-state index < -0.39 is 5.97 Å². The summed E-state index contributed by atoms with van der Waals surface area (Å²) in [7, 11) is 1.56. The van der Waals surface area contributed by atoms with Crippen LogP contribution in [0.4, 0.5) is 0 Å². The Kier molecular flexibility index (Phi) is 2.87. The molecule has 0 atom stereocenters. The third-order valence-electron chi connectivity index (χ3n) is 2.99. The molecule has 1 aromatic heterocycles. The molecule has 100 valence electrons. The van der Waals surface area contributed by atoms with E-state index in [1.54, 1.807) is 25.3 Å². The van der Waals surface area contributed by atoms with Gasteiger partial charge in [0.25, 0.3) is 0 Å². The lowest BCUT2D eigenvalue weighted by atomic mass is 10.2. The Morgan fingerprint density at radius 1 is 1.20 bits per heavy atom. The summed E-state index contributed by atoms with van der Waals surface area (Å²) in [4.78, 5) is 15.5. The summed E-state index contributed by atoms with van der Waals surface area (Å²) in [6.45, 7) is 0. The van der Waals surface area contributed by atoms with Crippen LogP contribution < -0.4 is 4.74 Å². The first-order valence-corrected chi connectivity index (χ1v) is 5.97. The number of carboxylic acids is 1. The van der Waals surface area contributed by atoms with Gasteiger partial charge in [-0.25, -0.2) is 9.78 Å². The van der Waals surface area contributed by atoms with Gasteiger partial charge in [0.05, 0.1) is 18.2 Å². The number of aromatic carboxylic acids is 1. The number of carboxylic acid groups (broad SMARTS) is 1. The molecule has 20 heavy (non-hydrogen) atoms. The molecule has 0 aliphatic heterocycles. The van der Waals surface area contributed by atoms with Crippen molar-refractivity contribution < 1.29 is 19.1 Å². The van der Waals surface area contributed by atoms with Crippen LogP contribution in [0.1, 0.15) is 10.4 Å². The van der Waals surface area contributed by atoms with Gasteiger partial charge in [-0.1, -0.05) is 18.2 Å². The number of rotatable bonds is 3. The smallest absolute Gasteiger partial charge is 0.338 e. The summed E-state index contributed by atoms with van der Waals surface area (Å²) in [6, 6.07) is 12.1. The molecular weight excluding hydrogens is 258 g/mol. The van der Waals surface area contributed by atoms with E-state index in [0.29, 0.717) is 28.3 Å². The van der Waals surface area contributed by atoms with Gasteiger partial charge in [-0.2, -0.15) is 0 Å². The summed E-state index contributed by atoms with van der Waals surface area (Å²) in [5.41, 5.74) is 1.57. The van der Waals surface area contributed by atoms with E-state index in [1.807, 2.05) is 18.2 Å². The second kappa shape index (κ2) is 4.70. The van der Waals surface area contributed by atoms with Gasteiger partial charge >= 0.3 is 5.97 Å². The van der Waals surface area contributed by atoms with Crippen LogP contribution in [0.5, 0.6) is 5.75 Å². The van der Waals surface area contributed by atoms with Gasteiger partial charge in [0.2, 0.25) is 5.89 Å². The minimum atomic E-state index is -1.03. The summed E-state index contributed by atoms with van der Waals surface area (Å²) in [5, 5.41) is 9.16. The molecule has 0 spiro atoms. The van der Waals surface area contributed by atoms with E-state index >= 15 is 0 Å². The molecule has 0 fully saturated rings. The SMILES string of the molecule is COc1ccccc1-c1nc2c(C(=O)O)cccc2o1. The molecule has 0 unspecified atom stereocenters. The van der Waals surface area contributed by atoms with Crippen LogP contribution in [0.15, 0.2) is 46.9 Å². The van der Waals surface area contributed by atoms with Gasteiger partial charge < -0.3 is 14.3 Å². The second-order valence-electron chi connectivity index (χ2n) is 4.18. The van der Waals surface area contributed by atoms with Gasteiger partial charge in [-0.15, -0.1) is 0 Å². The molecular formula is C15H11NO4. The molecule has 1 N–H and O–H groups in total. The number of para-hydroxylation sites is 2. The molecule has 3 aromatic rings. The molecule has 0 aliphatic carbocycles. The Bertz CT molecular complexity index is 791. The first-order valence-electron chi connectivity index (χ1n) is 5.97. The maximum atomic E-state index is 11.2. The number of hydrogen-bond donors (Lipinski definition) is 1. The lowest BCUT2D eigenvalue weighted by Crippen LogP contribution is -1.96. The maximum Gasteiger partial charge on any atom is 0.338 e. The average Bonchev–Trinajstić information content (AvgIpc) is 2.90. The van der Waals surface area contributed by atoms with Crippen molar-refractivity contribution in [3.63, 3.8) is 0 Å². The predicted octanol–water partition coefficient (Wildman–Crippen LogP) is 3.20. The highest BCUT2D eigenvalue weighted by Crippen LogP contribution is 2.32. The molecule has 0 saturated carbocycles. The minimum absolute atomic E-state index is 0.118. The number of oxazole rings is 1. The Balaban J connectivity index is 2.23. The van der Waals surface area contributed by atoms with Crippen LogP contribution in [0, 0.1) is 0 Å². The van der Waals surface area contributed by atoms with Gasteiger partial charge in [0, 0.05) is 0 Å². The number of methoxy groups -OCH3 is 1. The van der Waals surface area contributed by atoms with Crippen LogP contribution in [0.3, 0.4) is 0 Å². The Hall–Kier alpha value is -2.82. The van der Waals surface area contributed by atoms with Crippen molar-refractivity contribution >= 4 is 17.1 Å². The van der Waals surface area contributed by atoms with Crippen molar-refractivity contribution in [2.75, 3.05) is 7.11 Å². The van der Waals surface area contributed by atoms with Crippen LogP contribution in [0.2, 0.25) is 0 Å². The highest BCUT2D eigenvalue weighted by Gasteiger charge is 2.17. The zero-order valence-electron chi connectivity index (χ0n) is 10.7. The van der Waals surface area contributed by atoms with Gasteiger partial charge in [-0.3, -0.25) is 0 Å². The molecule has 2 aromatic carbocycles. The summed E-state index contributed by atoms with van der Waals surface area (Å²) < 4.78 is 10.9. The first-order chi connectivity index (χ1) is 9.70. The van der Waals surface area contributed by atoms with Crippen LogP contribution in [0.25, 0.3) is 22.6 Å². The molecule has 0 saturated heterocycles. The third kappa shape index (κ3) is 1.89. The minimum Gasteiger partial charge on any atom is -0.496 e. The molecule has 3 rings (SSSR count). The second-order valence-corrected chi connectivity index (χ2v) is 4.18. The zero-order chi connectivity index (χ0) is 14.1. The van der Waals surface area contributed by atoms with E-state index in [-0.39, 0.29) is 5.56 Å². The fraction of sp³-hybridized carbons (Fsp3) is 0.0667. The fourth-order valence-corrected chi connectivity index (χ4v) is 2.06. The van der Waals surface area contributed by atoms with Crippen molar-refractivity contribution in [3.8, 4) is 17.2 Å². The van der Waals surface area contributed by atoms with E-state index in [2.05, 4.69) is 4.98 Å². The monoisotopic (exact) mass is 269 g/mol. The lowest BCUT2D eigenvalue weighted by Gasteiger charge is -2.03. The normalized spacial score (nSPS) is 10.7. The number of carbonyl (C=O) groups is 1. The number of ether oxygens (including phenoxy) is 1. The molecule has 0 bridgehead atoms. The highest BCUT2D eigenvalue weighted by molar-refractivity contribution is 6.00. The number of benzene rings is 2. The maximum absolute atomic E-state index is 11.2. The van der Waals surface area contributed by atoms with Gasteiger partial charge in [0.1, 0.15) is 11.3 Å². The predicted molar refractivity (Wildman–Crippen MR) is 73.0 cm³/mol. The summed E-state index contributed by atoms with van der Waals surface area (Å²) in [6.07, 6.45) is 0. The quantitative estimate of drug-likeness (QED) is 0.790. The number of fused-ring (bicyclic) bond motifs is 1. The van der Waals surface area contributed by atoms with Crippen molar-refractivity contribution in [2.45, 2.75) is 0 Å². The molecule has 0 amide bonds. The zero-order valence-corrected chi connectivity index (χ0v) is 10.7. The molecule has 5 nitrogen and oxygen atoms in total. The van der Waals surface area contributed by atoms with Gasteiger partial charge in [0.15, 0.2) is 5.58 Å². The van der Waals surface area contributed by atoms with E-state index in [1.165, 1.54) is 6.07 Å². The Morgan fingerprint density at radius 2 is 2.00 bits per heavy atom. The largest absolute Gasteiger partial charge is 0.496 e.